The van der Waals surface area contributed by atoms with Crippen LogP contribution in [0.5, 0.6) is 11.6 Å². The first kappa shape index (κ1) is 17.9. The summed E-state index contributed by atoms with van der Waals surface area (Å²) in [6.45, 7) is 3.21. The van der Waals surface area contributed by atoms with Crippen molar-refractivity contribution in [2.75, 3.05) is 6.54 Å². The normalized spacial score (nSPS) is 17.2. The van der Waals surface area contributed by atoms with Gasteiger partial charge in [-0.15, -0.1) is 0 Å². The molecule has 6 heteroatoms. The predicted octanol–water partition coefficient (Wildman–Crippen LogP) is 3.09. The highest BCUT2D eigenvalue weighted by molar-refractivity contribution is 5.34. The fourth-order valence-electron chi connectivity index (χ4n) is 3.51. The average molecular weight is 344 g/mol. The Hall–Kier alpha value is -1.92. The molecule has 0 saturated heterocycles. The number of ether oxygens (including phenoxy) is 1. The molecule has 0 aromatic carbocycles. The van der Waals surface area contributed by atoms with Gasteiger partial charge in [-0.2, -0.15) is 5.10 Å². The van der Waals surface area contributed by atoms with E-state index < -0.39 is 5.60 Å². The smallest absolute Gasteiger partial charge is 0.222 e. The number of aryl methyl sites for hydroxylation is 2. The summed E-state index contributed by atoms with van der Waals surface area (Å²) in [5.41, 5.74) is 1.36. The van der Waals surface area contributed by atoms with Crippen molar-refractivity contribution in [3.8, 4) is 11.6 Å². The first-order chi connectivity index (χ1) is 12.1. The summed E-state index contributed by atoms with van der Waals surface area (Å²) < 4.78 is 7.73. The van der Waals surface area contributed by atoms with Crippen LogP contribution in [0.2, 0.25) is 0 Å². The molecule has 136 valence electrons. The van der Waals surface area contributed by atoms with Crippen LogP contribution in [0.25, 0.3) is 0 Å². The minimum Gasteiger partial charge on any atom is -0.437 e. The lowest BCUT2D eigenvalue weighted by Gasteiger charge is -2.27. The SMILES string of the molecule is Cc1nn(C)c(Oc2cccnc2)c1CNCC1(O)CCCCCC1. The van der Waals surface area contributed by atoms with Crippen LogP contribution in [0.4, 0.5) is 0 Å². The van der Waals surface area contributed by atoms with Gasteiger partial charge in [0, 0.05) is 26.3 Å². The van der Waals surface area contributed by atoms with Crippen molar-refractivity contribution in [3.63, 3.8) is 0 Å². The molecule has 0 atom stereocenters. The van der Waals surface area contributed by atoms with Gasteiger partial charge in [-0.25, -0.2) is 4.68 Å². The molecule has 6 nitrogen and oxygen atoms in total. The Morgan fingerprint density at radius 2 is 2.04 bits per heavy atom. The van der Waals surface area contributed by atoms with E-state index in [0.717, 1.165) is 36.9 Å². The summed E-state index contributed by atoms with van der Waals surface area (Å²) >= 11 is 0. The van der Waals surface area contributed by atoms with Gasteiger partial charge in [0.2, 0.25) is 5.88 Å². The quantitative estimate of drug-likeness (QED) is 0.788. The molecule has 0 unspecified atom stereocenters. The minimum atomic E-state index is -0.586. The highest BCUT2D eigenvalue weighted by Crippen LogP contribution is 2.28. The molecule has 1 aliphatic carbocycles. The summed E-state index contributed by atoms with van der Waals surface area (Å²) in [4.78, 5) is 4.08. The van der Waals surface area contributed by atoms with Gasteiger partial charge >= 0.3 is 0 Å². The summed E-state index contributed by atoms with van der Waals surface area (Å²) in [5.74, 6) is 1.40. The fraction of sp³-hybridized carbons (Fsp3) is 0.579. The zero-order chi connectivity index (χ0) is 17.7. The first-order valence-electron chi connectivity index (χ1n) is 9.11. The Bertz CT molecular complexity index is 676. The maximum atomic E-state index is 10.8. The van der Waals surface area contributed by atoms with Crippen LogP contribution >= 0.6 is 0 Å². The van der Waals surface area contributed by atoms with Crippen molar-refractivity contribution in [2.24, 2.45) is 7.05 Å². The molecule has 1 saturated carbocycles. The van der Waals surface area contributed by atoms with E-state index in [2.05, 4.69) is 15.4 Å². The van der Waals surface area contributed by atoms with Crippen molar-refractivity contribution >= 4 is 0 Å². The Morgan fingerprint density at radius 1 is 1.28 bits per heavy atom. The van der Waals surface area contributed by atoms with E-state index in [9.17, 15) is 5.11 Å². The molecular weight excluding hydrogens is 316 g/mol. The molecule has 2 aromatic rings. The van der Waals surface area contributed by atoms with Gasteiger partial charge in [0.15, 0.2) is 0 Å². The lowest BCUT2D eigenvalue weighted by atomic mass is 9.94. The van der Waals surface area contributed by atoms with Crippen LogP contribution in [-0.4, -0.2) is 32.0 Å². The van der Waals surface area contributed by atoms with E-state index in [0.29, 0.717) is 24.7 Å². The zero-order valence-electron chi connectivity index (χ0n) is 15.2. The van der Waals surface area contributed by atoms with Gasteiger partial charge in [0.25, 0.3) is 0 Å². The number of nitrogens with zero attached hydrogens (tertiary/aromatic N) is 3. The molecule has 0 radical (unpaired) electrons. The van der Waals surface area contributed by atoms with Gasteiger partial charge in [-0.05, 0) is 31.9 Å². The zero-order valence-corrected chi connectivity index (χ0v) is 15.2. The molecule has 2 aromatic heterocycles. The van der Waals surface area contributed by atoms with Crippen molar-refractivity contribution in [1.82, 2.24) is 20.1 Å². The molecule has 0 aliphatic heterocycles. The van der Waals surface area contributed by atoms with Crippen molar-refractivity contribution in [3.05, 3.63) is 35.8 Å². The van der Waals surface area contributed by atoms with Crippen molar-refractivity contribution in [1.29, 1.82) is 0 Å². The van der Waals surface area contributed by atoms with Crippen LogP contribution in [-0.2, 0) is 13.6 Å². The third kappa shape index (κ3) is 4.58. The second kappa shape index (κ2) is 7.97. The summed E-state index contributed by atoms with van der Waals surface area (Å²) in [5, 5.41) is 18.7. The minimum absolute atomic E-state index is 0.586. The van der Waals surface area contributed by atoms with Crippen LogP contribution in [0, 0.1) is 6.92 Å². The number of hydrogen-bond donors (Lipinski definition) is 2. The molecule has 0 spiro atoms. The van der Waals surface area contributed by atoms with Crippen LogP contribution in [0.3, 0.4) is 0 Å². The topological polar surface area (TPSA) is 72.2 Å². The van der Waals surface area contributed by atoms with Gasteiger partial charge in [-0.1, -0.05) is 25.7 Å². The van der Waals surface area contributed by atoms with E-state index in [1.807, 2.05) is 26.1 Å². The average Bonchev–Trinajstić information content (AvgIpc) is 2.76. The van der Waals surface area contributed by atoms with E-state index in [1.54, 1.807) is 17.1 Å². The van der Waals surface area contributed by atoms with E-state index in [4.69, 9.17) is 4.74 Å². The highest BCUT2D eigenvalue weighted by atomic mass is 16.5. The number of aromatic nitrogens is 3. The third-order valence-electron chi connectivity index (χ3n) is 4.93. The first-order valence-corrected chi connectivity index (χ1v) is 9.11. The lowest BCUT2D eigenvalue weighted by Crippen LogP contribution is -2.40. The maximum absolute atomic E-state index is 10.8. The highest BCUT2D eigenvalue weighted by Gasteiger charge is 2.27. The second-order valence-corrected chi connectivity index (χ2v) is 7.03. The van der Waals surface area contributed by atoms with Gasteiger partial charge < -0.3 is 15.2 Å². The molecular formula is C19H28N4O2. The lowest BCUT2D eigenvalue weighted by molar-refractivity contribution is 0.0250. The molecule has 1 aliphatic rings. The molecule has 2 heterocycles. The van der Waals surface area contributed by atoms with Crippen LogP contribution in [0.15, 0.2) is 24.5 Å². The third-order valence-corrected chi connectivity index (χ3v) is 4.93. The Balaban J connectivity index is 1.66. The molecule has 2 N–H and O–H groups in total. The van der Waals surface area contributed by atoms with Gasteiger partial charge in [0.1, 0.15) is 5.75 Å². The maximum Gasteiger partial charge on any atom is 0.222 e. The number of nitrogens with one attached hydrogen (secondary N) is 1. The molecule has 0 bridgehead atoms. The van der Waals surface area contributed by atoms with Crippen molar-refractivity contribution < 1.29 is 9.84 Å². The number of pyridine rings is 1. The molecule has 1 fully saturated rings. The van der Waals surface area contributed by atoms with E-state index >= 15 is 0 Å². The molecule has 3 rings (SSSR count). The Morgan fingerprint density at radius 3 is 2.72 bits per heavy atom. The van der Waals surface area contributed by atoms with Gasteiger partial charge in [0.05, 0.1) is 23.1 Å². The van der Waals surface area contributed by atoms with E-state index in [-0.39, 0.29) is 0 Å². The number of hydrogen-bond acceptors (Lipinski definition) is 5. The van der Waals surface area contributed by atoms with Crippen LogP contribution in [0.1, 0.15) is 49.8 Å². The fourth-order valence-corrected chi connectivity index (χ4v) is 3.51. The van der Waals surface area contributed by atoms with Crippen molar-refractivity contribution in [2.45, 2.75) is 57.6 Å². The standard InChI is InChI=1S/C19H28N4O2/c1-15-17(13-21-14-19(24)9-5-3-4-6-10-19)18(23(2)22-15)25-16-8-7-11-20-12-16/h7-8,11-12,21,24H,3-6,9-10,13-14H2,1-2H3. The van der Waals surface area contributed by atoms with E-state index in [1.165, 1.54) is 12.8 Å². The molecule has 25 heavy (non-hydrogen) atoms. The summed E-state index contributed by atoms with van der Waals surface area (Å²) in [6, 6.07) is 3.72. The Kier molecular flexibility index (Phi) is 5.71. The second-order valence-electron chi connectivity index (χ2n) is 7.03. The largest absolute Gasteiger partial charge is 0.437 e. The van der Waals surface area contributed by atoms with Gasteiger partial charge in [-0.3, -0.25) is 4.98 Å². The Labute approximate surface area is 149 Å². The van der Waals surface area contributed by atoms with Crippen LogP contribution < -0.4 is 10.1 Å². The monoisotopic (exact) mass is 344 g/mol. The summed E-state index contributed by atoms with van der Waals surface area (Å²) in [7, 11) is 1.88. The number of aliphatic hydroxyl groups is 1. The number of rotatable bonds is 6. The molecule has 0 amide bonds. The summed E-state index contributed by atoms with van der Waals surface area (Å²) in [6.07, 6.45) is 9.85. The predicted molar refractivity (Wildman–Crippen MR) is 96.6 cm³/mol.